The van der Waals surface area contributed by atoms with Crippen LogP contribution in [0.3, 0.4) is 0 Å². The molecule has 0 fully saturated rings. The van der Waals surface area contributed by atoms with Crippen molar-refractivity contribution in [1.29, 1.82) is 0 Å². The average Bonchev–Trinajstić information content (AvgIpc) is 2.88. The lowest BCUT2D eigenvalue weighted by atomic mass is 9.82. The monoisotopic (exact) mass is 325 g/mol. The molecule has 3 aromatic rings. The summed E-state index contributed by atoms with van der Waals surface area (Å²) in [6.45, 7) is 9.36. The van der Waals surface area contributed by atoms with Gasteiger partial charge >= 0.3 is 0 Å². The van der Waals surface area contributed by atoms with E-state index >= 15 is 0 Å². The van der Waals surface area contributed by atoms with Crippen molar-refractivity contribution in [1.82, 2.24) is 0 Å². The Labute approximate surface area is 150 Å². The number of fused-ring (bicyclic) bond motifs is 3. The molecule has 0 N–H and O–H groups in total. The van der Waals surface area contributed by atoms with Gasteiger partial charge < -0.3 is 4.90 Å². The van der Waals surface area contributed by atoms with Gasteiger partial charge in [0.15, 0.2) is 0 Å². The van der Waals surface area contributed by atoms with Crippen molar-refractivity contribution >= 4 is 11.4 Å². The molecule has 0 saturated carbocycles. The van der Waals surface area contributed by atoms with Gasteiger partial charge in [-0.25, -0.2) is 0 Å². The molecular weight excluding hydrogens is 302 g/mol. The summed E-state index contributed by atoms with van der Waals surface area (Å²) >= 11 is 0. The van der Waals surface area contributed by atoms with Gasteiger partial charge in [0.25, 0.3) is 0 Å². The largest absolute Gasteiger partial charge is 0.338 e. The van der Waals surface area contributed by atoms with Crippen molar-refractivity contribution in [2.24, 2.45) is 0 Å². The summed E-state index contributed by atoms with van der Waals surface area (Å²) < 4.78 is 0. The fraction of sp³-hybridized carbons (Fsp3) is 0.167. The van der Waals surface area contributed by atoms with Crippen molar-refractivity contribution in [3.8, 4) is 11.1 Å². The molecular formula is C24H23N. The molecule has 0 saturated heterocycles. The molecule has 0 radical (unpaired) electrons. The first-order valence-corrected chi connectivity index (χ1v) is 8.81. The topological polar surface area (TPSA) is 3.24 Å². The van der Waals surface area contributed by atoms with Gasteiger partial charge in [-0.3, -0.25) is 0 Å². The highest BCUT2D eigenvalue weighted by Gasteiger charge is 2.35. The van der Waals surface area contributed by atoms with Gasteiger partial charge in [0.1, 0.15) is 0 Å². The lowest BCUT2D eigenvalue weighted by Crippen LogP contribution is -2.17. The minimum Gasteiger partial charge on any atom is -0.338 e. The molecule has 1 heteroatoms. The van der Waals surface area contributed by atoms with Crippen molar-refractivity contribution in [3.63, 3.8) is 0 Å². The van der Waals surface area contributed by atoms with E-state index in [0.29, 0.717) is 0 Å². The molecule has 0 atom stereocenters. The first kappa shape index (κ1) is 15.7. The molecule has 0 unspecified atom stereocenters. The van der Waals surface area contributed by atoms with E-state index in [-0.39, 0.29) is 5.41 Å². The lowest BCUT2D eigenvalue weighted by molar-refractivity contribution is 0.660. The van der Waals surface area contributed by atoms with Crippen LogP contribution in [0.4, 0.5) is 11.4 Å². The van der Waals surface area contributed by atoms with Crippen LogP contribution in [0.25, 0.3) is 11.1 Å². The predicted molar refractivity (Wildman–Crippen MR) is 108 cm³/mol. The van der Waals surface area contributed by atoms with Crippen molar-refractivity contribution in [2.45, 2.75) is 19.3 Å². The average molecular weight is 325 g/mol. The molecule has 0 aromatic heterocycles. The SMILES string of the molecule is C=CCN(c1ccccc1)c1ccc2c(c1)-c1ccccc1C2(C)C. The summed E-state index contributed by atoms with van der Waals surface area (Å²) in [4.78, 5) is 2.31. The number of benzene rings is 3. The molecule has 1 aliphatic rings. The molecule has 1 nitrogen and oxygen atoms in total. The van der Waals surface area contributed by atoms with Crippen LogP contribution in [0, 0.1) is 0 Å². The molecule has 1 aliphatic carbocycles. The highest BCUT2D eigenvalue weighted by atomic mass is 15.1. The van der Waals surface area contributed by atoms with E-state index in [1.807, 2.05) is 6.08 Å². The molecule has 0 bridgehead atoms. The molecule has 124 valence electrons. The van der Waals surface area contributed by atoms with E-state index in [2.05, 4.69) is 98.1 Å². The fourth-order valence-electron chi connectivity index (χ4n) is 3.97. The molecule has 0 heterocycles. The Morgan fingerprint density at radius 2 is 1.48 bits per heavy atom. The third-order valence-electron chi connectivity index (χ3n) is 5.26. The van der Waals surface area contributed by atoms with Crippen LogP contribution in [-0.4, -0.2) is 6.54 Å². The number of nitrogens with zero attached hydrogens (tertiary/aromatic N) is 1. The Bertz CT molecular complexity index is 922. The third kappa shape index (κ3) is 2.47. The van der Waals surface area contributed by atoms with Crippen LogP contribution < -0.4 is 4.90 Å². The minimum absolute atomic E-state index is 0.0560. The number of rotatable bonds is 4. The zero-order chi connectivity index (χ0) is 17.4. The second kappa shape index (κ2) is 5.93. The summed E-state index contributed by atoms with van der Waals surface area (Å²) in [5, 5.41) is 0. The summed E-state index contributed by atoms with van der Waals surface area (Å²) in [6.07, 6.45) is 1.96. The van der Waals surface area contributed by atoms with Gasteiger partial charge in [-0.2, -0.15) is 0 Å². The molecule has 25 heavy (non-hydrogen) atoms. The van der Waals surface area contributed by atoms with Crippen LogP contribution in [0.2, 0.25) is 0 Å². The van der Waals surface area contributed by atoms with Crippen molar-refractivity contribution in [2.75, 3.05) is 11.4 Å². The fourth-order valence-corrected chi connectivity index (χ4v) is 3.97. The quantitative estimate of drug-likeness (QED) is 0.508. The van der Waals surface area contributed by atoms with Crippen LogP contribution in [0.5, 0.6) is 0 Å². The van der Waals surface area contributed by atoms with E-state index in [4.69, 9.17) is 0 Å². The second-order valence-electron chi connectivity index (χ2n) is 7.14. The first-order valence-electron chi connectivity index (χ1n) is 8.81. The predicted octanol–water partition coefficient (Wildman–Crippen LogP) is 6.32. The van der Waals surface area contributed by atoms with E-state index in [1.54, 1.807) is 0 Å². The lowest BCUT2D eigenvalue weighted by Gasteiger charge is -2.25. The van der Waals surface area contributed by atoms with E-state index in [9.17, 15) is 0 Å². The van der Waals surface area contributed by atoms with Crippen LogP contribution >= 0.6 is 0 Å². The number of para-hydroxylation sites is 1. The number of hydrogen-bond acceptors (Lipinski definition) is 1. The summed E-state index contributed by atoms with van der Waals surface area (Å²) in [5.74, 6) is 0. The van der Waals surface area contributed by atoms with Crippen LogP contribution in [0.15, 0.2) is 85.5 Å². The van der Waals surface area contributed by atoms with Crippen LogP contribution in [0.1, 0.15) is 25.0 Å². The van der Waals surface area contributed by atoms with Crippen LogP contribution in [-0.2, 0) is 5.41 Å². The van der Waals surface area contributed by atoms with Gasteiger partial charge in [0.2, 0.25) is 0 Å². The number of anilines is 2. The van der Waals surface area contributed by atoms with Gasteiger partial charge in [0, 0.05) is 23.3 Å². The highest BCUT2D eigenvalue weighted by molar-refractivity contribution is 5.84. The minimum atomic E-state index is 0.0560. The Hall–Kier alpha value is -2.80. The first-order chi connectivity index (χ1) is 12.1. The van der Waals surface area contributed by atoms with Gasteiger partial charge in [0.05, 0.1) is 0 Å². The molecule has 0 spiro atoms. The standard InChI is InChI=1S/C24H23N/c1-4-16-25(18-10-6-5-7-11-18)19-14-15-23-21(17-19)20-12-8-9-13-22(20)24(23,2)3/h4-15,17H,1,16H2,2-3H3. The van der Waals surface area contributed by atoms with Crippen molar-refractivity contribution in [3.05, 3.63) is 96.6 Å². The van der Waals surface area contributed by atoms with Crippen molar-refractivity contribution < 1.29 is 0 Å². The summed E-state index contributed by atoms with van der Waals surface area (Å²) in [6, 6.07) is 26.2. The molecule has 0 amide bonds. The third-order valence-corrected chi connectivity index (χ3v) is 5.26. The molecule has 0 aliphatic heterocycles. The Kier molecular flexibility index (Phi) is 3.73. The zero-order valence-electron chi connectivity index (χ0n) is 14.9. The number of hydrogen-bond donors (Lipinski definition) is 0. The molecule has 3 aromatic carbocycles. The zero-order valence-corrected chi connectivity index (χ0v) is 14.9. The van der Waals surface area contributed by atoms with E-state index in [0.717, 1.165) is 6.54 Å². The van der Waals surface area contributed by atoms with E-state index in [1.165, 1.54) is 33.6 Å². The summed E-state index contributed by atoms with van der Waals surface area (Å²) in [5.41, 5.74) is 7.98. The Balaban J connectivity index is 1.86. The Morgan fingerprint density at radius 1 is 0.800 bits per heavy atom. The van der Waals surface area contributed by atoms with Gasteiger partial charge in [-0.05, 0) is 46.5 Å². The maximum absolute atomic E-state index is 3.94. The van der Waals surface area contributed by atoms with Gasteiger partial charge in [-0.15, -0.1) is 6.58 Å². The maximum Gasteiger partial charge on any atom is 0.0420 e. The Morgan fingerprint density at radius 3 is 2.24 bits per heavy atom. The van der Waals surface area contributed by atoms with E-state index < -0.39 is 0 Å². The smallest absolute Gasteiger partial charge is 0.0420 e. The highest BCUT2D eigenvalue weighted by Crippen LogP contribution is 2.49. The van der Waals surface area contributed by atoms with Gasteiger partial charge in [-0.1, -0.05) is 68.5 Å². The normalized spacial score (nSPS) is 13.8. The second-order valence-corrected chi connectivity index (χ2v) is 7.14. The molecule has 4 rings (SSSR count). The summed E-state index contributed by atoms with van der Waals surface area (Å²) in [7, 11) is 0. The maximum atomic E-state index is 3.94.